The van der Waals surface area contributed by atoms with E-state index in [4.69, 9.17) is 11.5 Å². The number of rotatable bonds is 3. The van der Waals surface area contributed by atoms with Crippen LogP contribution in [0.3, 0.4) is 0 Å². The first-order chi connectivity index (χ1) is 6.11. The van der Waals surface area contributed by atoms with Crippen LogP contribution in [-0.4, -0.2) is 11.9 Å². The molecule has 0 saturated carbocycles. The van der Waals surface area contributed by atoms with E-state index in [1.54, 1.807) is 19.1 Å². The second-order valence-corrected chi connectivity index (χ2v) is 2.86. The van der Waals surface area contributed by atoms with Crippen molar-refractivity contribution in [1.82, 2.24) is 0 Å². The van der Waals surface area contributed by atoms with Crippen molar-refractivity contribution in [2.24, 2.45) is 5.73 Å². The molecule has 4 nitrogen and oxygen atoms in total. The first-order valence-corrected chi connectivity index (χ1v) is 4.01. The highest BCUT2D eigenvalue weighted by atomic mass is 16.1. The smallest absolute Gasteiger partial charge is 0.239 e. The quantitative estimate of drug-likeness (QED) is 0.593. The summed E-state index contributed by atoms with van der Waals surface area (Å²) in [6.45, 7) is 1.69. The molecule has 0 heterocycles. The van der Waals surface area contributed by atoms with Crippen LogP contribution in [0.2, 0.25) is 0 Å². The molecule has 5 N–H and O–H groups in total. The number of nitrogens with two attached hydrogens (primary N) is 2. The predicted octanol–water partition coefficient (Wildman–Crippen LogP) is 0.554. The SMILES string of the molecule is CC(Nc1ccccc1N)C(N)=O. The van der Waals surface area contributed by atoms with Crippen LogP contribution in [0.15, 0.2) is 24.3 Å². The van der Waals surface area contributed by atoms with Gasteiger partial charge in [0.1, 0.15) is 6.04 Å². The van der Waals surface area contributed by atoms with Gasteiger partial charge in [0.2, 0.25) is 5.91 Å². The van der Waals surface area contributed by atoms with Gasteiger partial charge in [0.15, 0.2) is 0 Å². The van der Waals surface area contributed by atoms with E-state index in [0.29, 0.717) is 5.69 Å². The van der Waals surface area contributed by atoms with Gasteiger partial charge in [0.25, 0.3) is 0 Å². The first kappa shape index (κ1) is 9.38. The van der Waals surface area contributed by atoms with E-state index in [1.165, 1.54) is 0 Å². The summed E-state index contributed by atoms with van der Waals surface area (Å²) >= 11 is 0. The van der Waals surface area contributed by atoms with Crippen LogP contribution in [-0.2, 0) is 4.79 Å². The van der Waals surface area contributed by atoms with Gasteiger partial charge in [0.05, 0.1) is 11.4 Å². The highest BCUT2D eigenvalue weighted by Gasteiger charge is 2.08. The molecule has 1 aromatic rings. The lowest BCUT2D eigenvalue weighted by Gasteiger charge is -2.12. The first-order valence-electron chi connectivity index (χ1n) is 4.01. The molecule has 1 amide bonds. The summed E-state index contributed by atoms with van der Waals surface area (Å²) in [5.74, 6) is -0.400. The van der Waals surface area contributed by atoms with Crippen LogP contribution in [0.25, 0.3) is 0 Å². The maximum absolute atomic E-state index is 10.7. The van der Waals surface area contributed by atoms with Gasteiger partial charge in [-0.15, -0.1) is 0 Å². The minimum Gasteiger partial charge on any atom is -0.397 e. The summed E-state index contributed by atoms with van der Waals surface area (Å²) in [6.07, 6.45) is 0. The molecule has 0 fully saturated rings. The van der Waals surface area contributed by atoms with E-state index in [0.717, 1.165) is 5.69 Å². The molecule has 70 valence electrons. The Hall–Kier alpha value is -1.71. The van der Waals surface area contributed by atoms with Crippen LogP contribution in [0, 0.1) is 0 Å². The number of primary amides is 1. The van der Waals surface area contributed by atoms with Gasteiger partial charge < -0.3 is 16.8 Å². The molecule has 0 aromatic heterocycles. The van der Waals surface area contributed by atoms with E-state index >= 15 is 0 Å². The standard InChI is InChI=1S/C9H13N3O/c1-6(9(11)13)12-8-5-3-2-4-7(8)10/h2-6,12H,10H2,1H3,(H2,11,13). The van der Waals surface area contributed by atoms with Crippen LogP contribution >= 0.6 is 0 Å². The summed E-state index contributed by atoms with van der Waals surface area (Å²) in [5, 5.41) is 2.91. The summed E-state index contributed by atoms with van der Waals surface area (Å²) in [5.41, 5.74) is 12.1. The zero-order chi connectivity index (χ0) is 9.84. The number of nitrogen functional groups attached to an aromatic ring is 1. The van der Waals surface area contributed by atoms with Crippen molar-refractivity contribution in [1.29, 1.82) is 0 Å². The lowest BCUT2D eigenvalue weighted by Crippen LogP contribution is -2.32. The van der Waals surface area contributed by atoms with E-state index in [1.807, 2.05) is 12.1 Å². The third-order valence-corrected chi connectivity index (χ3v) is 1.76. The summed E-state index contributed by atoms with van der Waals surface area (Å²) < 4.78 is 0. The number of anilines is 2. The Morgan fingerprint density at radius 1 is 1.46 bits per heavy atom. The van der Waals surface area contributed by atoms with E-state index in [2.05, 4.69) is 5.32 Å². The van der Waals surface area contributed by atoms with Crippen molar-refractivity contribution in [3.8, 4) is 0 Å². The Morgan fingerprint density at radius 2 is 2.08 bits per heavy atom. The van der Waals surface area contributed by atoms with Crippen LogP contribution in [0.5, 0.6) is 0 Å². The second-order valence-electron chi connectivity index (χ2n) is 2.86. The van der Waals surface area contributed by atoms with Gasteiger partial charge in [-0.25, -0.2) is 0 Å². The third-order valence-electron chi connectivity index (χ3n) is 1.76. The number of nitrogens with one attached hydrogen (secondary N) is 1. The van der Waals surface area contributed by atoms with Crippen LogP contribution in [0.4, 0.5) is 11.4 Å². The van der Waals surface area contributed by atoms with Crippen molar-refractivity contribution < 1.29 is 4.79 Å². The van der Waals surface area contributed by atoms with E-state index < -0.39 is 11.9 Å². The van der Waals surface area contributed by atoms with Crippen LogP contribution in [0.1, 0.15) is 6.92 Å². The molecule has 1 rings (SSSR count). The fourth-order valence-electron chi connectivity index (χ4n) is 0.933. The minimum atomic E-state index is -0.412. The summed E-state index contributed by atoms with van der Waals surface area (Å²) in [6, 6.07) is 6.82. The molecule has 1 atom stereocenters. The normalized spacial score (nSPS) is 12.1. The third kappa shape index (κ3) is 2.37. The monoisotopic (exact) mass is 179 g/mol. The number of para-hydroxylation sites is 2. The molecule has 0 aliphatic rings. The van der Waals surface area contributed by atoms with Crippen molar-refractivity contribution in [3.63, 3.8) is 0 Å². The summed E-state index contributed by atoms with van der Waals surface area (Å²) in [7, 11) is 0. The molecule has 0 saturated heterocycles. The van der Waals surface area contributed by atoms with Gasteiger partial charge >= 0.3 is 0 Å². The zero-order valence-electron chi connectivity index (χ0n) is 7.45. The topological polar surface area (TPSA) is 81.1 Å². The minimum absolute atomic E-state index is 0.400. The Kier molecular flexibility index (Phi) is 2.74. The number of amides is 1. The molecule has 0 radical (unpaired) electrons. The molecule has 1 aromatic carbocycles. The van der Waals surface area contributed by atoms with Crippen LogP contribution < -0.4 is 16.8 Å². The van der Waals surface area contributed by atoms with Crippen molar-refractivity contribution in [2.75, 3.05) is 11.1 Å². The fraction of sp³-hybridized carbons (Fsp3) is 0.222. The maximum atomic E-state index is 10.7. The molecule has 4 heteroatoms. The molecular formula is C9H13N3O. The largest absolute Gasteiger partial charge is 0.397 e. The Labute approximate surface area is 76.9 Å². The molecular weight excluding hydrogens is 166 g/mol. The molecule has 0 aliphatic heterocycles. The lowest BCUT2D eigenvalue weighted by atomic mass is 10.2. The predicted molar refractivity (Wildman–Crippen MR) is 53.1 cm³/mol. The fourth-order valence-corrected chi connectivity index (χ4v) is 0.933. The van der Waals surface area contributed by atoms with Gasteiger partial charge in [0, 0.05) is 0 Å². The van der Waals surface area contributed by atoms with Crippen molar-refractivity contribution >= 4 is 17.3 Å². The summed E-state index contributed by atoms with van der Waals surface area (Å²) in [4.78, 5) is 10.7. The van der Waals surface area contributed by atoms with Crippen molar-refractivity contribution in [2.45, 2.75) is 13.0 Å². The average molecular weight is 179 g/mol. The Morgan fingerprint density at radius 3 is 2.62 bits per heavy atom. The van der Waals surface area contributed by atoms with Gasteiger partial charge in [-0.2, -0.15) is 0 Å². The highest BCUT2D eigenvalue weighted by Crippen LogP contribution is 2.17. The maximum Gasteiger partial charge on any atom is 0.239 e. The van der Waals surface area contributed by atoms with E-state index in [-0.39, 0.29) is 0 Å². The number of hydrogen-bond donors (Lipinski definition) is 3. The number of benzene rings is 1. The lowest BCUT2D eigenvalue weighted by molar-refractivity contribution is -0.118. The highest BCUT2D eigenvalue weighted by molar-refractivity contribution is 5.83. The molecule has 0 spiro atoms. The molecule has 1 unspecified atom stereocenters. The average Bonchev–Trinajstić information content (AvgIpc) is 2.08. The Balaban J connectivity index is 2.74. The second kappa shape index (κ2) is 3.80. The van der Waals surface area contributed by atoms with Crippen molar-refractivity contribution in [3.05, 3.63) is 24.3 Å². The van der Waals surface area contributed by atoms with Gasteiger partial charge in [-0.3, -0.25) is 4.79 Å². The number of hydrogen-bond acceptors (Lipinski definition) is 3. The van der Waals surface area contributed by atoms with Gasteiger partial charge in [-0.1, -0.05) is 12.1 Å². The number of carbonyl (C=O) groups excluding carboxylic acids is 1. The zero-order valence-corrected chi connectivity index (χ0v) is 7.45. The molecule has 0 bridgehead atoms. The van der Waals surface area contributed by atoms with Gasteiger partial charge in [-0.05, 0) is 19.1 Å². The molecule has 0 aliphatic carbocycles. The van der Waals surface area contributed by atoms with E-state index in [9.17, 15) is 4.79 Å². The molecule has 13 heavy (non-hydrogen) atoms. The Bertz CT molecular complexity index is 311. The number of carbonyl (C=O) groups is 1.